The smallest absolute Gasteiger partial charge is 0.223 e. The summed E-state index contributed by atoms with van der Waals surface area (Å²) >= 11 is 1.80. The maximum absolute atomic E-state index is 11.8. The van der Waals surface area contributed by atoms with E-state index in [1.165, 1.54) is 11.4 Å². The predicted molar refractivity (Wildman–Crippen MR) is 120 cm³/mol. The highest BCUT2D eigenvalue weighted by molar-refractivity contribution is 14.0. The molecule has 3 rings (SSSR count). The molecule has 2 fully saturated rings. The lowest BCUT2D eigenvalue weighted by Gasteiger charge is -2.37. The van der Waals surface area contributed by atoms with Crippen LogP contribution in [0.5, 0.6) is 0 Å². The first kappa shape index (κ1) is 21.3. The molecule has 0 unspecified atom stereocenters. The quantitative estimate of drug-likeness (QED) is 0.278. The molecule has 0 atom stereocenters. The van der Waals surface area contributed by atoms with Crippen LogP contribution in [0.25, 0.3) is 0 Å². The number of nitrogens with zero attached hydrogens (tertiary/aromatic N) is 3. The van der Waals surface area contributed by atoms with Crippen molar-refractivity contribution in [3.8, 4) is 0 Å². The lowest BCUT2D eigenvalue weighted by molar-refractivity contribution is -0.127. The number of thiophene rings is 1. The Balaban J connectivity index is 0.00000243. The third-order valence-electron chi connectivity index (χ3n) is 5.02. The molecule has 1 amide bonds. The summed E-state index contributed by atoms with van der Waals surface area (Å²) in [4.78, 5) is 20.9. The van der Waals surface area contributed by atoms with Gasteiger partial charge in [0.15, 0.2) is 5.96 Å². The molecule has 1 saturated carbocycles. The second kappa shape index (κ2) is 11.0. The van der Waals surface area contributed by atoms with Crippen molar-refractivity contribution in [3.63, 3.8) is 0 Å². The first-order valence-corrected chi connectivity index (χ1v) is 10.2. The molecule has 1 saturated heterocycles. The zero-order chi connectivity index (χ0) is 17.5. The van der Waals surface area contributed by atoms with Crippen molar-refractivity contribution in [2.45, 2.75) is 25.7 Å². The number of rotatable bonds is 6. The van der Waals surface area contributed by atoms with Gasteiger partial charge < -0.3 is 20.4 Å². The Kier molecular flexibility index (Phi) is 8.97. The van der Waals surface area contributed by atoms with Crippen molar-refractivity contribution >= 4 is 52.2 Å². The monoisotopic (exact) mass is 491 g/mol. The van der Waals surface area contributed by atoms with Crippen molar-refractivity contribution in [2.24, 2.45) is 10.9 Å². The van der Waals surface area contributed by atoms with E-state index in [0.717, 1.165) is 64.5 Å². The number of carbonyl (C=O) groups excluding carboxylic acids is 1. The summed E-state index contributed by atoms with van der Waals surface area (Å²) in [6.07, 6.45) is 4.25. The number of anilines is 1. The van der Waals surface area contributed by atoms with E-state index in [1.807, 2.05) is 7.05 Å². The van der Waals surface area contributed by atoms with Crippen molar-refractivity contribution in [3.05, 3.63) is 17.5 Å². The Hall–Kier alpha value is -1.03. The molecule has 2 N–H and O–H groups in total. The van der Waals surface area contributed by atoms with E-state index in [-0.39, 0.29) is 35.8 Å². The van der Waals surface area contributed by atoms with E-state index in [2.05, 4.69) is 42.9 Å². The van der Waals surface area contributed by atoms with Gasteiger partial charge in [0.05, 0.1) is 5.00 Å². The molecule has 0 spiro atoms. The molecular formula is C18H30IN5OS. The molecule has 2 aliphatic rings. The maximum atomic E-state index is 11.8. The van der Waals surface area contributed by atoms with Gasteiger partial charge in [-0.3, -0.25) is 9.79 Å². The predicted octanol–water partition coefficient (Wildman–Crippen LogP) is 2.37. The number of aliphatic imine (C=N–C) groups is 1. The van der Waals surface area contributed by atoms with Crippen LogP contribution in [-0.4, -0.2) is 63.1 Å². The summed E-state index contributed by atoms with van der Waals surface area (Å²) in [6.45, 7) is 5.59. The maximum Gasteiger partial charge on any atom is 0.223 e. The molecule has 1 aliphatic carbocycles. The normalized spacial score (nSPS) is 18.1. The fourth-order valence-corrected chi connectivity index (χ4v) is 4.02. The number of hydrogen-bond acceptors (Lipinski definition) is 4. The number of guanidine groups is 1. The van der Waals surface area contributed by atoms with Crippen molar-refractivity contribution in [2.75, 3.05) is 51.2 Å². The first-order chi connectivity index (χ1) is 12.3. The number of carbonyl (C=O) groups is 1. The third-order valence-corrected chi connectivity index (χ3v) is 5.95. The van der Waals surface area contributed by atoms with E-state index in [9.17, 15) is 4.79 Å². The average Bonchev–Trinajstić information content (AvgIpc) is 3.11. The van der Waals surface area contributed by atoms with Gasteiger partial charge in [-0.05, 0) is 36.8 Å². The van der Waals surface area contributed by atoms with Crippen LogP contribution >= 0.6 is 35.3 Å². The summed E-state index contributed by atoms with van der Waals surface area (Å²) in [6, 6.07) is 4.29. The molecule has 1 aliphatic heterocycles. The van der Waals surface area contributed by atoms with Crippen LogP contribution in [0, 0.1) is 5.92 Å². The summed E-state index contributed by atoms with van der Waals surface area (Å²) in [7, 11) is 1.84. The highest BCUT2D eigenvalue weighted by Crippen LogP contribution is 2.26. The lowest BCUT2D eigenvalue weighted by atomic mass is 9.85. The van der Waals surface area contributed by atoms with Crippen LogP contribution in [-0.2, 0) is 4.79 Å². The van der Waals surface area contributed by atoms with Crippen molar-refractivity contribution in [1.29, 1.82) is 0 Å². The van der Waals surface area contributed by atoms with Gasteiger partial charge in [-0.2, -0.15) is 0 Å². The standard InChI is InChI=1S/C18H29N5OS.HI/c1-19-18(21-9-4-8-20-17(24)15-5-2-6-15)23-12-10-22(11-13-23)16-7-3-14-25-16;/h3,7,14-15H,2,4-6,8-13H2,1H3,(H,19,21)(H,20,24);1H. The third kappa shape index (κ3) is 5.73. The Morgan fingerprint density at radius 1 is 1.23 bits per heavy atom. The van der Waals surface area contributed by atoms with Crippen LogP contribution in [0.1, 0.15) is 25.7 Å². The van der Waals surface area contributed by atoms with E-state index < -0.39 is 0 Å². The second-order valence-corrected chi connectivity index (χ2v) is 7.60. The van der Waals surface area contributed by atoms with Crippen LogP contribution < -0.4 is 15.5 Å². The number of piperazine rings is 1. The number of hydrogen-bond donors (Lipinski definition) is 2. The summed E-state index contributed by atoms with van der Waals surface area (Å²) in [5.74, 6) is 1.48. The van der Waals surface area contributed by atoms with Gasteiger partial charge in [-0.1, -0.05) is 6.42 Å². The zero-order valence-electron chi connectivity index (χ0n) is 15.4. The number of halogens is 1. The van der Waals surface area contributed by atoms with Crippen LogP contribution in [0.4, 0.5) is 5.00 Å². The van der Waals surface area contributed by atoms with Gasteiger partial charge in [-0.25, -0.2) is 0 Å². The number of nitrogens with one attached hydrogen (secondary N) is 2. The molecule has 0 aromatic carbocycles. The molecule has 1 aromatic rings. The molecular weight excluding hydrogens is 461 g/mol. The minimum Gasteiger partial charge on any atom is -0.360 e. The Bertz CT molecular complexity index is 568. The summed E-state index contributed by atoms with van der Waals surface area (Å²) in [5.41, 5.74) is 0. The summed E-state index contributed by atoms with van der Waals surface area (Å²) in [5, 5.41) is 9.95. The first-order valence-electron chi connectivity index (χ1n) is 9.29. The lowest BCUT2D eigenvalue weighted by Crippen LogP contribution is -2.52. The van der Waals surface area contributed by atoms with E-state index >= 15 is 0 Å². The van der Waals surface area contributed by atoms with Gasteiger partial charge in [0.1, 0.15) is 0 Å². The Labute approximate surface area is 177 Å². The SMILES string of the molecule is CN=C(NCCCNC(=O)C1CCC1)N1CCN(c2cccs2)CC1.I. The molecule has 6 nitrogen and oxygen atoms in total. The molecule has 146 valence electrons. The van der Waals surface area contributed by atoms with Gasteiger partial charge in [0.2, 0.25) is 5.91 Å². The minimum absolute atomic E-state index is 0. The second-order valence-electron chi connectivity index (χ2n) is 6.67. The highest BCUT2D eigenvalue weighted by Gasteiger charge is 2.24. The average molecular weight is 491 g/mol. The van der Waals surface area contributed by atoms with Gasteiger partial charge in [-0.15, -0.1) is 35.3 Å². The zero-order valence-corrected chi connectivity index (χ0v) is 18.6. The van der Waals surface area contributed by atoms with Gasteiger partial charge in [0, 0.05) is 52.2 Å². The van der Waals surface area contributed by atoms with E-state index in [4.69, 9.17) is 0 Å². The fourth-order valence-electron chi connectivity index (χ4n) is 3.24. The molecule has 1 aromatic heterocycles. The molecule has 8 heteroatoms. The molecule has 26 heavy (non-hydrogen) atoms. The largest absolute Gasteiger partial charge is 0.360 e. The van der Waals surface area contributed by atoms with Crippen LogP contribution in [0.2, 0.25) is 0 Å². The van der Waals surface area contributed by atoms with Gasteiger partial charge in [0.25, 0.3) is 0 Å². The molecule has 0 radical (unpaired) electrons. The topological polar surface area (TPSA) is 60.0 Å². The summed E-state index contributed by atoms with van der Waals surface area (Å²) < 4.78 is 0. The van der Waals surface area contributed by atoms with Crippen molar-refractivity contribution in [1.82, 2.24) is 15.5 Å². The minimum atomic E-state index is 0. The fraction of sp³-hybridized carbons (Fsp3) is 0.667. The molecule has 0 bridgehead atoms. The highest BCUT2D eigenvalue weighted by atomic mass is 127. The van der Waals surface area contributed by atoms with Crippen LogP contribution in [0.3, 0.4) is 0 Å². The van der Waals surface area contributed by atoms with Crippen molar-refractivity contribution < 1.29 is 4.79 Å². The van der Waals surface area contributed by atoms with Gasteiger partial charge >= 0.3 is 0 Å². The van der Waals surface area contributed by atoms with E-state index in [1.54, 1.807) is 11.3 Å². The Morgan fingerprint density at radius 3 is 2.54 bits per heavy atom. The Morgan fingerprint density at radius 2 is 1.96 bits per heavy atom. The number of amides is 1. The molecule has 2 heterocycles. The van der Waals surface area contributed by atoms with Crippen LogP contribution in [0.15, 0.2) is 22.5 Å². The van der Waals surface area contributed by atoms with E-state index in [0.29, 0.717) is 0 Å².